The number of nitrogens with zero attached hydrogens (tertiary/aromatic N) is 3. The van der Waals surface area contributed by atoms with Crippen molar-refractivity contribution in [2.75, 3.05) is 18.4 Å². The third kappa shape index (κ3) is 1.86. The lowest BCUT2D eigenvalue weighted by Gasteiger charge is -2.22. The Hall–Kier alpha value is -1.62. The fourth-order valence-electron chi connectivity index (χ4n) is 2.04. The summed E-state index contributed by atoms with van der Waals surface area (Å²) in [5.74, 6) is 0.734. The zero-order valence-electron chi connectivity index (χ0n) is 9.06. The molecule has 16 heavy (non-hydrogen) atoms. The van der Waals surface area contributed by atoms with Crippen molar-refractivity contribution in [2.24, 2.45) is 0 Å². The highest BCUT2D eigenvalue weighted by atomic mass is 15.3. The lowest BCUT2D eigenvalue weighted by atomic mass is 10.1. The van der Waals surface area contributed by atoms with Gasteiger partial charge in [-0.2, -0.15) is 4.98 Å². The second kappa shape index (κ2) is 4.09. The van der Waals surface area contributed by atoms with Crippen LogP contribution >= 0.6 is 0 Å². The molecule has 1 aliphatic rings. The Morgan fingerprint density at radius 3 is 3.00 bits per heavy atom. The molecule has 0 amide bonds. The standard InChI is InChI=1S/C11H15N5/c1-2-8-16-10(3-1)14-11(15-16)13-9-4-6-12-7-5-9/h1-3,8-9,12H,4-7H2,(H,13,15). The lowest BCUT2D eigenvalue weighted by molar-refractivity contribution is 0.477. The van der Waals surface area contributed by atoms with Crippen LogP contribution in [0.1, 0.15) is 12.8 Å². The zero-order valence-corrected chi connectivity index (χ0v) is 9.06. The first-order valence-corrected chi connectivity index (χ1v) is 5.70. The molecule has 0 spiro atoms. The van der Waals surface area contributed by atoms with Crippen molar-refractivity contribution >= 4 is 11.6 Å². The number of pyridine rings is 1. The number of nitrogens with one attached hydrogen (secondary N) is 2. The van der Waals surface area contributed by atoms with Gasteiger partial charge in [0.2, 0.25) is 5.95 Å². The summed E-state index contributed by atoms with van der Waals surface area (Å²) in [5, 5.41) is 11.1. The summed E-state index contributed by atoms with van der Waals surface area (Å²) >= 11 is 0. The number of rotatable bonds is 2. The van der Waals surface area contributed by atoms with Crippen molar-refractivity contribution in [2.45, 2.75) is 18.9 Å². The molecule has 0 atom stereocenters. The average molecular weight is 217 g/mol. The molecule has 1 fully saturated rings. The zero-order chi connectivity index (χ0) is 10.8. The molecule has 0 aromatic carbocycles. The highest BCUT2D eigenvalue weighted by Gasteiger charge is 2.14. The van der Waals surface area contributed by atoms with E-state index in [9.17, 15) is 0 Å². The van der Waals surface area contributed by atoms with E-state index in [1.165, 1.54) is 0 Å². The summed E-state index contributed by atoms with van der Waals surface area (Å²) in [4.78, 5) is 4.43. The van der Waals surface area contributed by atoms with Gasteiger partial charge in [0.1, 0.15) is 0 Å². The minimum atomic E-state index is 0.499. The first-order chi connectivity index (χ1) is 7.92. The van der Waals surface area contributed by atoms with Crippen LogP contribution in [0.5, 0.6) is 0 Å². The molecule has 0 unspecified atom stereocenters. The van der Waals surface area contributed by atoms with Gasteiger partial charge in [0.15, 0.2) is 5.65 Å². The molecule has 2 N–H and O–H groups in total. The van der Waals surface area contributed by atoms with Gasteiger partial charge in [0.05, 0.1) is 0 Å². The van der Waals surface area contributed by atoms with Gasteiger partial charge in [-0.15, -0.1) is 5.10 Å². The van der Waals surface area contributed by atoms with Gasteiger partial charge in [0, 0.05) is 12.2 Å². The predicted molar refractivity (Wildman–Crippen MR) is 62.5 cm³/mol. The van der Waals surface area contributed by atoms with Gasteiger partial charge in [-0.25, -0.2) is 4.52 Å². The van der Waals surface area contributed by atoms with Crippen molar-refractivity contribution in [3.05, 3.63) is 24.4 Å². The topological polar surface area (TPSA) is 54.2 Å². The van der Waals surface area contributed by atoms with Crippen molar-refractivity contribution in [1.29, 1.82) is 0 Å². The smallest absolute Gasteiger partial charge is 0.243 e. The molecule has 3 heterocycles. The Bertz CT molecular complexity index is 439. The van der Waals surface area contributed by atoms with Gasteiger partial charge in [-0.1, -0.05) is 6.07 Å². The van der Waals surface area contributed by atoms with E-state index in [0.29, 0.717) is 6.04 Å². The fourth-order valence-corrected chi connectivity index (χ4v) is 2.04. The van der Waals surface area contributed by atoms with Crippen LogP contribution in [0.2, 0.25) is 0 Å². The van der Waals surface area contributed by atoms with E-state index in [1.807, 2.05) is 24.4 Å². The Kier molecular flexibility index (Phi) is 2.46. The van der Waals surface area contributed by atoms with E-state index in [-0.39, 0.29) is 0 Å². The normalized spacial score (nSPS) is 17.8. The summed E-state index contributed by atoms with van der Waals surface area (Å²) in [7, 11) is 0. The van der Waals surface area contributed by atoms with Crippen LogP contribution in [-0.4, -0.2) is 33.7 Å². The largest absolute Gasteiger partial charge is 0.350 e. The summed E-state index contributed by atoms with van der Waals surface area (Å²) in [6.07, 6.45) is 4.18. The summed E-state index contributed by atoms with van der Waals surface area (Å²) in [6, 6.07) is 6.38. The third-order valence-electron chi connectivity index (χ3n) is 2.91. The summed E-state index contributed by atoms with van der Waals surface area (Å²) < 4.78 is 1.80. The van der Waals surface area contributed by atoms with E-state index in [4.69, 9.17) is 0 Å². The molecule has 2 aromatic rings. The molecule has 1 saturated heterocycles. The Balaban J connectivity index is 1.78. The molecule has 5 nitrogen and oxygen atoms in total. The number of hydrogen-bond acceptors (Lipinski definition) is 4. The fraction of sp³-hybridized carbons (Fsp3) is 0.455. The highest BCUT2D eigenvalue weighted by molar-refractivity contribution is 5.43. The van der Waals surface area contributed by atoms with Crippen molar-refractivity contribution in [1.82, 2.24) is 19.9 Å². The maximum absolute atomic E-state index is 4.43. The van der Waals surface area contributed by atoms with E-state index in [2.05, 4.69) is 20.7 Å². The van der Waals surface area contributed by atoms with Crippen molar-refractivity contribution in [3.8, 4) is 0 Å². The number of aromatic nitrogens is 3. The van der Waals surface area contributed by atoms with Crippen LogP contribution < -0.4 is 10.6 Å². The number of fused-ring (bicyclic) bond motifs is 1. The van der Waals surface area contributed by atoms with Crippen LogP contribution in [0.3, 0.4) is 0 Å². The Morgan fingerprint density at radius 1 is 1.31 bits per heavy atom. The van der Waals surface area contributed by atoms with E-state index in [1.54, 1.807) is 4.52 Å². The van der Waals surface area contributed by atoms with E-state index < -0.39 is 0 Å². The molecule has 84 valence electrons. The second-order valence-electron chi connectivity index (χ2n) is 4.11. The quantitative estimate of drug-likeness (QED) is 0.784. The SMILES string of the molecule is c1ccn2nc(NC3CCNCC3)nc2c1. The highest BCUT2D eigenvalue weighted by Crippen LogP contribution is 2.10. The summed E-state index contributed by atoms with van der Waals surface area (Å²) in [6.45, 7) is 2.15. The molecule has 3 rings (SSSR count). The number of hydrogen-bond donors (Lipinski definition) is 2. The molecule has 0 saturated carbocycles. The first kappa shape index (κ1) is 9.59. The minimum Gasteiger partial charge on any atom is -0.350 e. The third-order valence-corrected chi connectivity index (χ3v) is 2.91. The minimum absolute atomic E-state index is 0.499. The molecule has 0 bridgehead atoms. The maximum Gasteiger partial charge on any atom is 0.243 e. The van der Waals surface area contributed by atoms with Gasteiger partial charge >= 0.3 is 0 Å². The number of anilines is 1. The molecule has 2 aromatic heterocycles. The average Bonchev–Trinajstić information content (AvgIpc) is 2.72. The maximum atomic E-state index is 4.43. The molecule has 1 aliphatic heterocycles. The van der Waals surface area contributed by atoms with Gasteiger partial charge < -0.3 is 10.6 Å². The second-order valence-corrected chi connectivity index (χ2v) is 4.11. The first-order valence-electron chi connectivity index (χ1n) is 5.70. The molecule has 5 heteroatoms. The van der Waals surface area contributed by atoms with Crippen molar-refractivity contribution in [3.63, 3.8) is 0 Å². The molecule has 0 radical (unpaired) electrons. The van der Waals surface area contributed by atoms with Crippen LogP contribution in [0.25, 0.3) is 5.65 Å². The Labute approximate surface area is 93.9 Å². The van der Waals surface area contributed by atoms with Crippen LogP contribution in [0.15, 0.2) is 24.4 Å². The van der Waals surface area contributed by atoms with Crippen LogP contribution in [0.4, 0.5) is 5.95 Å². The molecular formula is C11H15N5. The van der Waals surface area contributed by atoms with E-state index >= 15 is 0 Å². The van der Waals surface area contributed by atoms with Gasteiger partial charge in [0.25, 0.3) is 0 Å². The number of piperidine rings is 1. The van der Waals surface area contributed by atoms with Crippen LogP contribution in [0, 0.1) is 0 Å². The lowest BCUT2D eigenvalue weighted by Crippen LogP contribution is -2.35. The summed E-state index contributed by atoms with van der Waals surface area (Å²) in [5.41, 5.74) is 0.888. The van der Waals surface area contributed by atoms with E-state index in [0.717, 1.165) is 37.5 Å². The predicted octanol–water partition coefficient (Wildman–Crippen LogP) is 0.893. The van der Waals surface area contributed by atoms with Gasteiger partial charge in [-0.3, -0.25) is 0 Å². The van der Waals surface area contributed by atoms with Gasteiger partial charge in [-0.05, 0) is 38.1 Å². The molecular weight excluding hydrogens is 202 g/mol. The molecule has 0 aliphatic carbocycles. The van der Waals surface area contributed by atoms with Crippen molar-refractivity contribution < 1.29 is 0 Å². The monoisotopic (exact) mass is 217 g/mol. The Morgan fingerprint density at radius 2 is 2.19 bits per heavy atom. The van der Waals surface area contributed by atoms with Crippen LogP contribution in [-0.2, 0) is 0 Å².